The van der Waals surface area contributed by atoms with Crippen LogP contribution in [0.3, 0.4) is 0 Å². The largest absolute Gasteiger partial charge is 0.490 e. The Kier molecular flexibility index (Phi) is 6.36. The zero-order chi connectivity index (χ0) is 21.6. The molecule has 0 aliphatic carbocycles. The first-order valence-electron chi connectivity index (χ1n) is 10.5. The summed E-state index contributed by atoms with van der Waals surface area (Å²) in [6.07, 6.45) is -0.311. The molecule has 0 aromatic heterocycles. The van der Waals surface area contributed by atoms with Gasteiger partial charge >= 0.3 is 6.09 Å². The summed E-state index contributed by atoms with van der Waals surface area (Å²) in [4.78, 5) is 27.7. The Bertz CT molecular complexity index is 1060. The third-order valence-corrected chi connectivity index (χ3v) is 5.48. The predicted octanol–water partition coefficient (Wildman–Crippen LogP) is 4.38. The van der Waals surface area contributed by atoms with Crippen molar-refractivity contribution in [2.45, 2.75) is 6.92 Å². The Hall–Kier alpha value is -3.54. The first-order valence-corrected chi connectivity index (χ1v) is 10.5. The number of Topliss-reactive ketones (excluding diaryl/α,β-unsaturated/α-hetero) is 1. The molecule has 0 atom stereocenters. The Balaban J connectivity index is 1.19. The summed E-state index contributed by atoms with van der Waals surface area (Å²) >= 11 is 0. The number of carbonyl (C=O) groups excluding carboxylic acids is 2. The Morgan fingerprint density at radius 1 is 0.839 bits per heavy atom. The van der Waals surface area contributed by atoms with Crippen LogP contribution in [-0.4, -0.2) is 56.2 Å². The van der Waals surface area contributed by atoms with Crippen molar-refractivity contribution in [2.75, 3.05) is 44.3 Å². The van der Waals surface area contributed by atoms with Gasteiger partial charge in [0.15, 0.2) is 5.78 Å². The van der Waals surface area contributed by atoms with Crippen LogP contribution in [-0.2, 0) is 4.74 Å². The molecule has 6 nitrogen and oxygen atoms in total. The molecule has 0 saturated carbocycles. The van der Waals surface area contributed by atoms with Crippen LogP contribution in [0, 0.1) is 0 Å². The molecule has 3 aromatic carbocycles. The second kappa shape index (κ2) is 9.51. The lowest BCUT2D eigenvalue weighted by atomic mass is 10.1. The van der Waals surface area contributed by atoms with Crippen LogP contribution in [0.5, 0.6) is 5.75 Å². The Morgan fingerprint density at radius 2 is 1.55 bits per heavy atom. The fourth-order valence-corrected chi connectivity index (χ4v) is 3.69. The van der Waals surface area contributed by atoms with Gasteiger partial charge in [-0.1, -0.05) is 30.3 Å². The molecule has 0 radical (unpaired) electrons. The topological polar surface area (TPSA) is 59.1 Å². The number of amides is 1. The number of ether oxygens (including phenoxy) is 2. The van der Waals surface area contributed by atoms with Crippen LogP contribution < -0.4 is 9.64 Å². The minimum absolute atomic E-state index is 0.0590. The molecule has 1 amide bonds. The van der Waals surface area contributed by atoms with Crippen LogP contribution in [0.4, 0.5) is 10.5 Å². The molecule has 31 heavy (non-hydrogen) atoms. The molecule has 0 unspecified atom stereocenters. The molecular weight excluding hydrogens is 392 g/mol. The van der Waals surface area contributed by atoms with Gasteiger partial charge in [-0.15, -0.1) is 0 Å². The fourth-order valence-electron chi connectivity index (χ4n) is 3.69. The van der Waals surface area contributed by atoms with Gasteiger partial charge in [-0.05, 0) is 54.1 Å². The number of carbonyl (C=O) groups is 2. The minimum Gasteiger partial charge on any atom is -0.490 e. The van der Waals surface area contributed by atoms with Gasteiger partial charge in [0.25, 0.3) is 0 Å². The zero-order valence-electron chi connectivity index (χ0n) is 17.6. The summed E-state index contributed by atoms with van der Waals surface area (Å²) in [7, 11) is 0. The first kappa shape index (κ1) is 20.7. The van der Waals surface area contributed by atoms with Crippen molar-refractivity contribution in [3.05, 3.63) is 72.3 Å². The molecule has 1 saturated heterocycles. The number of ketones is 1. The number of fused-ring (bicyclic) bond motifs is 1. The molecular formula is C25H26N2O4. The van der Waals surface area contributed by atoms with Gasteiger partial charge in [0.05, 0.1) is 0 Å². The number of hydrogen-bond donors (Lipinski definition) is 0. The number of anilines is 1. The lowest BCUT2D eigenvalue weighted by Gasteiger charge is -2.35. The second-order valence-electron chi connectivity index (χ2n) is 7.55. The Labute approximate surface area is 182 Å². The van der Waals surface area contributed by atoms with Gasteiger partial charge in [-0.2, -0.15) is 0 Å². The molecule has 1 aliphatic heterocycles. The molecule has 6 heteroatoms. The number of nitrogens with zero attached hydrogens (tertiary/aromatic N) is 2. The fraction of sp³-hybridized carbons (Fsp3) is 0.280. The average Bonchev–Trinajstić information content (AvgIpc) is 2.82. The van der Waals surface area contributed by atoms with E-state index in [1.54, 1.807) is 11.8 Å². The maximum Gasteiger partial charge on any atom is 0.410 e. The van der Waals surface area contributed by atoms with E-state index in [9.17, 15) is 9.59 Å². The smallest absolute Gasteiger partial charge is 0.410 e. The summed E-state index contributed by atoms with van der Waals surface area (Å²) in [5.41, 5.74) is 1.76. The summed E-state index contributed by atoms with van der Waals surface area (Å²) in [6, 6.07) is 21.6. The van der Waals surface area contributed by atoms with Crippen molar-refractivity contribution in [2.24, 2.45) is 0 Å². The summed E-state index contributed by atoms with van der Waals surface area (Å²) in [5, 5.41) is 2.28. The van der Waals surface area contributed by atoms with Gasteiger partial charge < -0.3 is 19.3 Å². The van der Waals surface area contributed by atoms with E-state index in [-0.39, 0.29) is 18.5 Å². The van der Waals surface area contributed by atoms with Crippen molar-refractivity contribution in [3.8, 4) is 5.75 Å². The summed E-state index contributed by atoms with van der Waals surface area (Å²) in [5.74, 6) is 0.822. The minimum atomic E-state index is -0.311. The van der Waals surface area contributed by atoms with Gasteiger partial charge in [0.2, 0.25) is 0 Å². The first-order chi connectivity index (χ1) is 15.1. The van der Waals surface area contributed by atoms with Crippen LogP contribution in [0.1, 0.15) is 17.3 Å². The van der Waals surface area contributed by atoms with E-state index < -0.39 is 0 Å². The predicted molar refractivity (Wildman–Crippen MR) is 121 cm³/mol. The lowest BCUT2D eigenvalue weighted by Crippen LogP contribution is -2.49. The van der Waals surface area contributed by atoms with Crippen LogP contribution in [0.15, 0.2) is 66.7 Å². The quantitative estimate of drug-likeness (QED) is 0.439. The molecule has 3 aromatic rings. The van der Waals surface area contributed by atoms with Crippen molar-refractivity contribution in [1.29, 1.82) is 0 Å². The highest BCUT2D eigenvalue weighted by Crippen LogP contribution is 2.21. The second-order valence-corrected chi connectivity index (χ2v) is 7.55. The van der Waals surface area contributed by atoms with E-state index >= 15 is 0 Å². The highest BCUT2D eigenvalue weighted by Gasteiger charge is 2.22. The van der Waals surface area contributed by atoms with Gasteiger partial charge in [0.1, 0.15) is 19.0 Å². The van der Waals surface area contributed by atoms with Crippen molar-refractivity contribution >= 4 is 28.3 Å². The Morgan fingerprint density at radius 3 is 2.26 bits per heavy atom. The summed E-state index contributed by atoms with van der Waals surface area (Å²) in [6.45, 7) is 4.72. The number of rotatable bonds is 6. The van der Waals surface area contributed by atoms with E-state index in [0.29, 0.717) is 25.3 Å². The number of benzene rings is 3. The van der Waals surface area contributed by atoms with E-state index in [0.717, 1.165) is 35.3 Å². The lowest BCUT2D eigenvalue weighted by molar-refractivity contribution is 0.0864. The molecule has 0 spiro atoms. The van der Waals surface area contributed by atoms with Crippen molar-refractivity contribution in [3.63, 3.8) is 0 Å². The zero-order valence-corrected chi connectivity index (χ0v) is 17.6. The molecule has 0 N–H and O–H groups in total. The third-order valence-electron chi connectivity index (χ3n) is 5.48. The van der Waals surface area contributed by atoms with Crippen molar-refractivity contribution in [1.82, 2.24) is 4.90 Å². The van der Waals surface area contributed by atoms with Gasteiger partial charge in [-0.25, -0.2) is 4.79 Å². The van der Waals surface area contributed by atoms with E-state index in [1.165, 1.54) is 0 Å². The molecule has 4 rings (SSSR count). The standard InChI is InChI=1S/C25H26N2O4/c1-19(28)20-6-9-23(10-7-20)26-12-14-27(15-13-26)25(29)31-17-16-30-24-11-8-21-4-2-3-5-22(21)18-24/h2-11,18H,12-17H2,1H3. The molecule has 1 aliphatic rings. The van der Waals surface area contributed by atoms with Crippen LogP contribution in [0.25, 0.3) is 10.8 Å². The number of piperazine rings is 1. The van der Waals surface area contributed by atoms with Gasteiger partial charge in [-0.3, -0.25) is 4.79 Å². The van der Waals surface area contributed by atoms with E-state index in [1.807, 2.05) is 60.7 Å². The highest BCUT2D eigenvalue weighted by molar-refractivity contribution is 5.94. The van der Waals surface area contributed by atoms with Crippen molar-refractivity contribution < 1.29 is 19.1 Å². The number of hydrogen-bond acceptors (Lipinski definition) is 5. The molecule has 0 bridgehead atoms. The van der Waals surface area contributed by atoms with E-state index in [4.69, 9.17) is 9.47 Å². The molecule has 1 fully saturated rings. The monoisotopic (exact) mass is 418 g/mol. The highest BCUT2D eigenvalue weighted by atomic mass is 16.6. The van der Waals surface area contributed by atoms with Gasteiger partial charge in [0, 0.05) is 37.4 Å². The average molecular weight is 418 g/mol. The normalized spacial score (nSPS) is 13.8. The third kappa shape index (κ3) is 5.15. The van der Waals surface area contributed by atoms with E-state index in [2.05, 4.69) is 11.0 Å². The molecule has 160 valence electrons. The maximum absolute atomic E-state index is 12.3. The maximum atomic E-state index is 12.3. The SMILES string of the molecule is CC(=O)c1ccc(N2CCN(C(=O)OCCOc3ccc4ccccc4c3)CC2)cc1. The van der Waals surface area contributed by atoms with Crippen LogP contribution >= 0.6 is 0 Å². The summed E-state index contributed by atoms with van der Waals surface area (Å²) < 4.78 is 11.1. The molecule has 1 heterocycles. The van der Waals surface area contributed by atoms with Crippen LogP contribution in [0.2, 0.25) is 0 Å².